The normalized spacial score (nSPS) is 28.9. The highest BCUT2D eigenvalue weighted by molar-refractivity contribution is 5.73. The Kier molecular flexibility index (Phi) is 5.34. The van der Waals surface area contributed by atoms with Crippen molar-refractivity contribution in [3.63, 3.8) is 0 Å². The van der Waals surface area contributed by atoms with Gasteiger partial charge in [0.2, 0.25) is 0 Å². The van der Waals surface area contributed by atoms with Crippen molar-refractivity contribution >= 4 is 12.0 Å². The van der Waals surface area contributed by atoms with Crippen LogP contribution >= 0.6 is 0 Å². The number of piperidine rings is 2. The lowest BCUT2D eigenvalue weighted by atomic mass is 9.91. The number of carbonyl (C=O) groups excluding carboxylic acids is 2. The molecule has 2 N–H and O–H groups in total. The molecule has 3 aliphatic rings. The van der Waals surface area contributed by atoms with E-state index in [1.807, 2.05) is 35.2 Å². The molecule has 1 aromatic rings. The lowest BCUT2D eigenvalue weighted by Gasteiger charge is -2.44. The fourth-order valence-electron chi connectivity index (χ4n) is 5.15. The zero-order valence-electron chi connectivity index (χ0n) is 15.8. The van der Waals surface area contributed by atoms with E-state index in [1.165, 1.54) is 0 Å². The molecule has 6 nitrogen and oxygen atoms in total. The van der Waals surface area contributed by atoms with E-state index in [-0.39, 0.29) is 17.9 Å². The van der Waals surface area contributed by atoms with Crippen molar-refractivity contribution in [1.82, 2.24) is 9.80 Å². The van der Waals surface area contributed by atoms with Crippen molar-refractivity contribution < 1.29 is 14.3 Å². The molecule has 0 aromatic heterocycles. The summed E-state index contributed by atoms with van der Waals surface area (Å²) in [6.07, 6.45) is 5.90. The fraction of sp³-hybridized carbons (Fsp3) is 0.619. The predicted octanol–water partition coefficient (Wildman–Crippen LogP) is 2.52. The molecule has 3 aliphatic heterocycles. The van der Waals surface area contributed by atoms with Crippen LogP contribution in [0.25, 0.3) is 0 Å². The number of fused-ring (bicyclic) bond motifs is 2. The lowest BCUT2D eigenvalue weighted by molar-refractivity contribution is -0.151. The second-order valence-corrected chi connectivity index (χ2v) is 8.16. The van der Waals surface area contributed by atoms with Gasteiger partial charge in [0.05, 0.1) is 5.92 Å². The van der Waals surface area contributed by atoms with Gasteiger partial charge in [-0.3, -0.25) is 4.79 Å². The van der Waals surface area contributed by atoms with E-state index in [9.17, 15) is 9.59 Å². The van der Waals surface area contributed by atoms with Crippen LogP contribution in [0.3, 0.4) is 0 Å². The summed E-state index contributed by atoms with van der Waals surface area (Å²) >= 11 is 0. The summed E-state index contributed by atoms with van der Waals surface area (Å²) in [5.74, 6) is -0.0606. The van der Waals surface area contributed by atoms with Gasteiger partial charge in [0.1, 0.15) is 6.61 Å². The quantitative estimate of drug-likeness (QED) is 0.825. The molecule has 2 bridgehead atoms. The minimum absolute atomic E-state index is 0.00685. The molecule has 4 rings (SSSR count). The number of hydrogen-bond acceptors (Lipinski definition) is 4. The molecule has 6 heteroatoms. The molecule has 3 saturated heterocycles. The number of urea groups is 1. The standard InChI is InChI=1S/C21H29N3O3/c22-21(26)24-17-6-7-18(24)13-19(12-17)23-10-8-16(9-11-23)20(25)27-14-15-4-2-1-3-5-15/h1-5,16-19H,6-14H2,(H2,22,26)/t17-,18+,19+. The van der Waals surface area contributed by atoms with Crippen LogP contribution in [0.1, 0.15) is 44.1 Å². The molecule has 1 aromatic carbocycles. The van der Waals surface area contributed by atoms with Crippen LogP contribution < -0.4 is 5.73 Å². The summed E-state index contributed by atoms with van der Waals surface area (Å²) in [6, 6.07) is 10.7. The third-order valence-corrected chi connectivity index (χ3v) is 6.57. The van der Waals surface area contributed by atoms with Gasteiger partial charge in [-0.1, -0.05) is 30.3 Å². The molecule has 146 valence electrons. The van der Waals surface area contributed by atoms with E-state index >= 15 is 0 Å². The number of carbonyl (C=O) groups is 2. The highest BCUT2D eigenvalue weighted by Crippen LogP contribution is 2.38. The van der Waals surface area contributed by atoms with E-state index in [0.717, 1.165) is 57.2 Å². The summed E-state index contributed by atoms with van der Waals surface area (Å²) in [5, 5.41) is 0. The smallest absolute Gasteiger partial charge is 0.315 e. The van der Waals surface area contributed by atoms with E-state index in [0.29, 0.717) is 24.7 Å². The van der Waals surface area contributed by atoms with Gasteiger partial charge in [-0.05, 0) is 57.2 Å². The fourth-order valence-corrected chi connectivity index (χ4v) is 5.15. The maximum absolute atomic E-state index is 12.4. The number of rotatable bonds is 4. The maximum atomic E-state index is 12.4. The topological polar surface area (TPSA) is 75.9 Å². The predicted molar refractivity (Wildman–Crippen MR) is 102 cm³/mol. The number of likely N-dealkylation sites (tertiary alicyclic amines) is 1. The Balaban J connectivity index is 1.25. The average molecular weight is 371 g/mol. The molecule has 27 heavy (non-hydrogen) atoms. The van der Waals surface area contributed by atoms with Gasteiger partial charge in [-0.2, -0.15) is 0 Å². The number of ether oxygens (including phenoxy) is 1. The van der Waals surface area contributed by atoms with Crippen LogP contribution in [-0.2, 0) is 16.1 Å². The third kappa shape index (κ3) is 3.95. The SMILES string of the molecule is NC(=O)N1[C@@H]2CC[C@H]1C[C@@H](N1CCC(C(=O)OCc3ccccc3)CC1)C2. The number of esters is 1. The molecular formula is C21H29N3O3. The second kappa shape index (κ2) is 7.89. The molecule has 0 spiro atoms. The Morgan fingerprint density at radius 3 is 2.19 bits per heavy atom. The number of amides is 2. The molecule has 3 heterocycles. The highest BCUT2D eigenvalue weighted by Gasteiger charge is 2.44. The molecule has 0 radical (unpaired) electrons. The summed E-state index contributed by atoms with van der Waals surface area (Å²) in [5.41, 5.74) is 6.58. The van der Waals surface area contributed by atoms with Crippen LogP contribution in [0.5, 0.6) is 0 Å². The largest absolute Gasteiger partial charge is 0.461 e. The van der Waals surface area contributed by atoms with Gasteiger partial charge in [0.25, 0.3) is 0 Å². The van der Waals surface area contributed by atoms with Crippen molar-refractivity contribution in [3.05, 3.63) is 35.9 Å². The summed E-state index contributed by atoms with van der Waals surface area (Å²) in [6.45, 7) is 2.23. The van der Waals surface area contributed by atoms with E-state index in [2.05, 4.69) is 4.90 Å². The first kappa shape index (κ1) is 18.3. The number of nitrogens with zero attached hydrogens (tertiary/aromatic N) is 2. The highest BCUT2D eigenvalue weighted by atomic mass is 16.5. The summed E-state index contributed by atoms with van der Waals surface area (Å²) in [7, 11) is 0. The van der Waals surface area contributed by atoms with Gasteiger partial charge < -0.3 is 20.3 Å². The number of hydrogen-bond donors (Lipinski definition) is 1. The first-order valence-electron chi connectivity index (χ1n) is 10.1. The lowest BCUT2D eigenvalue weighted by Crippen LogP contribution is -2.55. The first-order valence-corrected chi connectivity index (χ1v) is 10.1. The molecule has 0 unspecified atom stereocenters. The molecule has 2 amide bonds. The van der Waals surface area contributed by atoms with Crippen LogP contribution in [0.2, 0.25) is 0 Å². The van der Waals surface area contributed by atoms with E-state index < -0.39 is 0 Å². The van der Waals surface area contributed by atoms with Crippen molar-refractivity contribution in [2.75, 3.05) is 13.1 Å². The van der Waals surface area contributed by atoms with Crippen molar-refractivity contribution in [2.24, 2.45) is 11.7 Å². The Morgan fingerprint density at radius 1 is 0.963 bits per heavy atom. The summed E-state index contributed by atoms with van der Waals surface area (Å²) in [4.78, 5) is 28.5. The molecular weight excluding hydrogens is 342 g/mol. The summed E-state index contributed by atoms with van der Waals surface area (Å²) < 4.78 is 5.52. The number of benzene rings is 1. The molecule has 3 atom stereocenters. The van der Waals surface area contributed by atoms with Gasteiger partial charge in [0.15, 0.2) is 0 Å². The Hall–Kier alpha value is -2.08. The van der Waals surface area contributed by atoms with Gasteiger partial charge in [-0.15, -0.1) is 0 Å². The monoisotopic (exact) mass is 371 g/mol. The number of nitrogens with two attached hydrogens (primary N) is 1. The Morgan fingerprint density at radius 2 is 1.59 bits per heavy atom. The second-order valence-electron chi connectivity index (χ2n) is 8.16. The van der Waals surface area contributed by atoms with E-state index in [1.54, 1.807) is 0 Å². The van der Waals surface area contributed by atoms with Gasteiger partial charge in [-0.25, -0.2) is 4.79 Å². The van der Waals surface area contributed by atoms with Gasteiger partial charge in [0, 0.05) is 18.1 Å². The molecule has 0 aliphatic carbocycles. The molecule has 0 saturated carbocycles. The van der Waals surface area contributed by atoms with Crippen LogP contribution in [0.15, 0.2) is 30.3 Å². The maximum Gasteiger partial charge on any atom is 0.315 e. The van der Waals surface area contributed by atoms with Crippen molar-refractivity contribution in [2.45, 2.75) is 63.3 Å². The Labute approximate surface area is 160 Å². The average Bonchev–Trinajstić information content (AvgIpc) is 2.97. The van der Waals surface area contributed by atoms with Crippen LogP contribution in [-0.4, -0.2) is 53.0 Å². The third-order valence-electron chi connectivity index (χ3n) is 6.57. The minimum atomic E-state index is -0.263. The van der Waals surface area contributed by atoms with Crippen LogP contribution in [0.4, 0.5) is 4.79 Å². The van der Waals surface area contributed by atoms with Crippen molar-refractivity contribution in [3.8, 4) is 0 Å². The number of primary amides is 1. The Bertz CT molecular complexity index is 659. The zero-order valence-corrected chi connectivity index (χ0v) is 15.8. The van der Waals surface area contributed by atoms with Crippen molar-refractivity contribution in [1.29, 1.82) is 0 Å². The minimum Gasteiger partial charge on any atom is -0.461 e. The van der Waals surface area contributed by atoms with E-state index in [4.69, 9.17) is 10.5 Å². The first-order chi connectivity index (χ1) is 13.1. The van der Waals surface area contributed by atoms with Gasteiger partial charge >= 0.3 is 12.0 Å². The zero-order chi connectivity index (χ0) is 18.8. The molecule has 3 fully saturated rings. The van der Waals surface area contributed by atoms with Crippen LogP contribution in [0, 0.1) is 5.92 Å².